The van der Waals surface area contributed by atoms with Gasteiger partial charge in [0.1, 0.15) is 0 Å². The molecule has 150 valence electrons. The fraction of sp³-hybridized carbons (Fsp3) is 0.545. The van der Waals surface area contributed by atoms with E-state index in [4.69, 9.17) is 0 Å². The first kappa shape index (κ1) is 19.2. The minimum atomic E-state index is 0.151. The molecule has 2 saturated heterocycles. The first-order valence-electron chi connectivity index (χ1n) is 10.5. The minimum Gasteiger partial charge on any atom is -0.339 e. The number of carbonyl (C=O) groups is 1. The molecule has 2 unspecified atom stereocenters. The van der Waals surface area contributed by atoms with Gasteiger partial charge in [-0.15, -0.1) is 0 Å². The normalized spacial score (nSPS) is 23.5. The quantitative estimate of drug-likeness (QED) is 0.836. The van der Waals surface area contributed by atoms with Crippen LogP contribution in [0.4, 0.5) is 0 Å². The van der Waals surface area contributed by atoms with Gasteiger partial charge in [0.05, 0.1) is 6.54 Å². The van der Waals surface area contributed by atoms with Crippen LogP contribution in [-0.4, -0.2) is 45.8 Å². The van der Waals surface area contributed by atoms with Crippen LogP contribution in [0.3, 0.4) is 0 Å². The summed E-state index contributed by atoms with van der Waals surface area (Å²) in [5, 5.41) is 4.25. The third kappa shape index (κ3) is 4.28. The molecule has 1 aromatic carbocycles. The largest absolute Gasteiger partial charge is 0.339 e. The van der Waals surface area contributed by atoms with Gasteiger partial charge in [0.2, 0.25) is 0 Å². The fourth-order valence-corrected chi connectivity index (χ4v) is 4.43. The molecular formula is C22H31N5O. The second-order valence-corrected chi connectivity index (χ2v) is 8.52. The van der Waals surface area contributed by atoms with E-state index in [-0.39, 0.29) is 5.91 Å². The van der Waals surface area contributed by atoms with Gasteiger partial charge >= 0.3 is 0 Å². The van der Waals surface area contributed by atoms with Crippen LogP contribution in [0, 0.1) is 11.8 Å². The van der Waals surface area contributed by atoms with Gasteiger partial charge in [-0.25, -0.2) is 0 Å². The summed E-state index contributed by atoms with van der Waals surface area (Å²) in [4.78, 5) is 15.0. The fourth-order valence-electron chi connectivity index (χ4n) is 4.43. The van der Waals surface area contributed by atoms with Gasteiger partial charge in [-0.05, 0) is 54.9 Å². The molecule has 2 aliphatic rings. The summed E-state index contributed by atoms with van der Waals surface area (Å²) in [6, 6.07) is 11.0. The summed E-state index contributed by atoms with van der Waals surface area (Å²) in [6.07, 6.45) is 7.05. The van der Waals surface area contributed by atoms with Crippen LogP contribution in [0.25, 0.3) is 0 Å². The number of hydrazine groups is 1. The van der Waals surface area contributed by atoms with Crippen LogP contribution in [0.15, 0.2) is 42.7 Å². The van der Waals surface area contributed by atoms with Crippen molar-refractivity contribution in [1.29, 1.82) is 0 Å². The van der Waals surface area contributed by atoms with Gasteiger partial charge in [0.15, 0.2) is 0 Å². The van der Waals surface area contributed by atoms with Crippen molar-refractivity contribution in [3.05, 3.63) is 53.9 Å². The molecule has 1 amide bonds. The number of rotatable bonds is 5. The van der Waals surface area contributed by atoms with Gasteiger partial charge in [0.25, 0.3) is 5.91 Å². The van der Waals surface area contributed by atoms with Gasteiger partial charge in [-0.3, -0.25) is 20.3 Å². The molecule has 2 N–H and O–H groups in total. The van der Waals surface area contributed by atoms with E-state index < -0.39 is 0 Å². The third-order valence-corrected chi connectivity index (χ3v) is 6.24. The molecule has 0 bridgehead atoms. The number of carbonyl (C=O) groups excluding carboxylic acids is 1. The molecule has 0 radical (unpaired) electrons. The molecule has 2 aromatic rings. The molecule has 0 aliphatic carbocycles. The van der Waals surface area contributed by atoms with E-state index in [0.29, 0.717) is 30.5 Å². The van der Waals surface area contributed by atoms with Crippen molar-refractivity contribution >= 4 is 5.91 Å². The number of amides is 1. The number of aromatic nitrogens is 2. The predicted octanol–water partition coefficient (Wildman–Crippen LogP) is 2.67. The lowest BCUT2D eigenvalue weighted by atomic mass is 9.85. The summed E-state index contributed by atoms with van der Waals surface area (Å²) in [7, 11) is 0. The highest BCUT2D eigenvalue weighted by Gasteiger charge is 2.34. The van der Waals surface area contributed by atoms with E-state index in [1.807, 2.05) is 40.0 Å². The Morgan fingerprint density at radius 3 is 2.71 bits per heavy atom. The molecule has 28 heavy (non-hydrogen) atoms. The molecule has 0 saturated carbocycles. The molecule has 2 atom stereocenters. The number of nitrogens with zero attached hydrogens (tertiary/aromatic N) is 3. The Morgan fingerprint density at radius 2 is 2.04 bits per heavy atom. The van der Waals surface area contributed by atoms with Crippen LogP contribution in [0.1, 0.15) is 49.0 Å². The lowest BCUT2D eigenvalue weighted by Gasteiger charge is -2.34. The number of nitrogens with one attached hydrogen (secondary N) is 2. The summed E-state index contributed by atoms with van der Waals surface area (Å²) < 4.78 is 1.88. The third-order valence-electron chi connectivity index (χ3n) is 6.24. The summed E-state index contributed by atoms with van der Waals surface area (Å²) in [5.41, 5.74) is 8.83. The Bertz CT molecular complexity index is 780. The van der Waals surface area contributed by atoms with Crippen LogP contribution in [0.5, 0.6) is 0 Å². The van der Waals surface area contributed by atoms with Crippen molar-refractivity contribution in [2.75, 3.05) is 13.1 Å². The number of piperidine rings is 1. The molecule has 1 aromatic heterocycles. The smallest absolute Gasteiger partial charge is 0.253 e. The van der Waals surface area contributed by atoms with Crippen molar-refractivity contribution < 1.29 is 4.79 Å². The van der Waals surface area contributed by atoms with Gasteiger partial charge in [0, 0.05) is 43.1 Å². The maximum absolute atomic E-state index is 13.0. The van der Waals surface area contributed by atoms with Gasteiger partial charge < -0.3 is 4.90 Å². The Kier molecular flexibility index (Phi) is 5.78. The summed E-state index contributed by atoms with van der Waals surface area (Å²) >= 11 is 0. The molecular weight excluding hydrogens is 350 g/mol. The van der Waals surface area contributed by atoms with E-state index in [2.05, 4.69) is 35.9 Å². The lowest BCUT2D eigenvalue weighted by Crippen LogP contribution is -2.44. The van der Waals surface area contributed by atoms with Crippen molar-refractivity contribution in [3.63, 3.8) is 0 Å². The molecule has 3 heterocycles. The molecule has 0 spiro atoms. The molecule has 2 aliphatic heterocycles. The molecule has 6 heteroatoms. The highest BCUT2D eigenvalue weighted by molar-refractivity contribution is 5.94. The minimum absolute atomic E-state index is 0.151. The van der Waals surface area contributed by atoms with Crippen LogP contribution in [-0.2, 0) is 6.54 Å². The maximum atomic E-state index is 13.0. The van der Waals surface area contributed by atoms with Crippen LogP contribution < -0.4 is 10.9 Å². The standard InChI is InChI=1S/C22H31N5O/c1-16(2)20-14-21(25-24-20)18-7-11-26(12-8-18)22(28)19-6-3-5-17(13-19)15-27-10-4-9-23-27/h3-6,9-10,13,16,18,20-21,24-25H,7-8,11-12,14-15H2,1-2H3. The molecule has 4 rings (SSSR count). The first-order valence-corrected chi connectivity index (χ1v) is 10.5. The molecule has 2 fully saturated rings. The van der Waals surface area contributed by atoms with Gasteiger partial charge in [-0.2, -0.15) is 5.10 Å². The highest BCUT2D eigenvalue weighted by Crippen LogP contribution is 2.27. The first-order chi connectivity index (χ1) is 13.6. The number of likely N-dealkylation sites (tertiary alicyclic amines) is 1. The number of hydrogen-bond donors (Lipinski definition) is 2. The zero-order valence-corrected chi connectivity index (χ0v) is 16.8. The van der Waals surface area contributed by atoms with Gasteiger partial charge in [-0.1, -0.05) is 26.0 Å². The summed E-state index contributed by atoms with van der Waals surface area (Å²) in [5.74, 6) is 1.44. The van der Waals surface area contributed by atoms with E-state index in [0.717, 1.165) is 37.1 Å². The average molecular weight is 382 g/mol. The highest BCUT2D eigenvalue weighted by atomic mass is 16.2. The molecule has 6 nitrogen and oxygen atoms in total. The number of hydrogen-bond acceptors (Lipinski definition) is 4. The Hall–Kier alpha value is -2.18. The van der Waals surface area contributed by atoms with Crippen molar-refractivity contribution in [3.8, 4) is 0 Å². The SMILES string of the molecule is CC(C)C1CC(C2CCN(C(=O)c3cccc(Cn4cccn4)c3)CC2)NN1. The average Bonchev–Trinajstić information content (AvgIpc) is 3.40. The topological polar surface area (TPSA) is 62.2 Å². The van der Waals surface area contributed by atoms with E-state index in [1.165, 1.54) is 6.42 Å². The zero-order chi connectivity index (χ0) is 19.5. The van der Waals surface area contributed by atoms with Crippen molar-refractivity contribution in [2.24, 2.45) is 11.8 Å². The Balaban J connectivity index is 1.33. The van der Waals surface area contributed by atoms with Crippen LogP contribution in [0.2, 0.25) is 0 Å². The second kappa shape index (κ2) is 8.45. The Morgan fingerprint density at radius 1 is 1.21 bits per heavy atom. The predicted molar refractivity (Wildman–Crippen MR) is 110 cm³/mol. The van der Waals surface area contributed by atoms with E-state index in [1.54, 1.807) is 6.20 Å². The number of benzene rings is 1. The maximum Gasteiger partial charge on any atom is 0.253 e. The van der Waals surface area contributed by atoms with E-state index in [9.17, 15) is 4.79 Å². The summed E-state index contributed by atoms with van der Waals surface area (Å²) in [6.45, 7) is 6.91. The zero-order valence-electron chi connectivity index (χ0n) is 16.8. The monoisotopic (exact) mass is 381 g/mol. The lowest BCUT2D eigenvalue weighted by molar-refractivity contribution is 0.0673. The van der Waals surface area contributed by atoms with Crippen LogP contribution >= 0.6 is 0 Å². The van der Waals surface area contributed by atoms with Crippen molar-refractivity contribution in [1.82, 2.24) is 25.5 Å². The van der Waals surface area contributed by atoms with E-state index >= 15 is 0 Å². The van der Waals surface area contributed by atoms with Crippen molar-refractivity contribution in [2.45, 2.75) is 51.7 Å². The second-order valence-electron chi connectivity index (χ2n) is 8.52. The Labute approximate surface area is 167 Å².